The molecule has 0 aromatic carbocycles. The van der Waals surface area contributed by atoms with Gasteiger partial charge in [-0.25, -0.2) is 0 Å². The van der Waals surface area contributed by atoms with Gasteiger partial charge in [0.15, 0.2) is 5.13 Å². The molecule has 5 heteroatoms. The molecule has 0 bridgehead atoms. The maximum absolute atomic E-state index is 12.7. The van der Waals surface area contributed by atoms with E-state index in [9.17, 15) is 4.39 Å². The first kappa shape index (κ1) is 11.1. The van der Waals surface area contributed by atoms with Crippen LogP contribution in [0.5, 0.6) is 0 Å². The highest BCUT2D eigenvalue weighted by molar-refractivity contribution is 7.10. The molecule has 3 nitrogen and oxygen atoms in total. The van der Waals surface area contributed by atoms with Crippen LogP contribution in [0.25, 0.3) is 0 Å². The Bertz CT molecular complexity index is 450. The summed E-state index contributed by atoms with van der Waals surface area (Å²) in [6.45, 7) is 3.66. The molecule has 0 unspecified atom stereocenters. The molecule has 0 atom stereocenters. The second-order valence-corrected chi connectivity index (χ2v) is 4.64. The average Bonchev–Trinajstić information content (AvgIpc) is 2.85. The normalized spacial score (nSPS) is 10.6. The van der Waals surface area contributed by atoms with Gasteiger partial charge >= 0.3 is 0 Å². The van der Waals surface area contributed by atoms with Gasteiger partial charge in [-0.15, -0.1) is 11.3 Å². The summed E-state index contributed by atoms with van der Waals surface area (Å²) >= 11 is 1.16. The molecular weight excluding hydrogens is 225 g/mol. The van der Waals surface area contributed by atoms with E-state index < -0.39 is 0 Å². The number of thiophene rings is 1. The van der Waals surface area contributed by atoms with Gasteiger partial charge in [0.2, 0.25) is 0 Å². The van der Waals surface area contributed by atoms with Gasteiger partial charge in [-0.3, -0.25) is 4.68 Å². The first-order valence-electron chi connectivity index (χ1n) is 5.29. The fourth-order valence-electron chi connectivity index (χ4n) is 1.43. The summed E-state index contributed by atoms with van der Waals surface area (Å²) in [5.74, 6) is 0.835. The van der Waals surface area contributed by atoms with Gasteiger partial charge in [-0.1, -0.05) is 6.92 Å². The van der Waals surface area contributed by atoms with Gasteiger partial charge in [0.1, 0.15) is 5.82 Å². The van der Waals surface area contributed by atoms with E-state index in [1.807, 2.05) is 16.9 Å². The fraction of sp³-hybridized carbons (Fsp3) is 0.364. The second-order valence-electron chi connectivity index (χ2n) is 3.52. The van der Waals surface area contributed by atoms with Gasteiger partial charge in [0.05, 0.1) is 6.54 Å². The van der Waals surface area contributed by atoms with Gasteiger partial charge in [0, 0.05) is 23.7 Å². The standard InChI is InChI=1S/C11H14FN3S/c1-2-6-15-7-5-11(14-15)13-8-9-3-4-10(12)16-9/h3-5,7H,2,6,8H2,1H3,(H,13,14). The van der Waals surface area contributed by atoms with Gasteiger partial charge < -0.3 is 5.32 Å². The molecule has 2 aromatic rings. The predicted octanol–water partition coefficient (Wildman–Crippen LogP) is 3.11. The van der Waals surface area contributed by atoms with E-state index in [2.05, 4.69) is 17.3 Å². The van der Waals surface area contributed by atoms with Crippen molar-refractivity contribution in [3.8, 4) is 0 Å². The first-order chi connectivity index (χ1) is 7.78. The van der Waals surface area contributed by atoms with Gasteiger partial charge in [-0.05, 0) is 18.6 Å². The predicted molar refractivity (Wildman–Crippen MR) is 64.1 cm³/mol. The molecule has 1 N–H and O–H groups in total. The van der Waals surface area contributed by atoms with E-state index >= 15 is 0 Å². The van der Waals surface area contributed by atoms with Crippen LogP contribution in [0.15, 0.2) is 24.4 Å². The molecule has 0 spiro atoms. The first-order valence-corrected chi connectivity index (χ1v) is 6.11. The number of hydrogen-bond acceptors (Lipinski definition) is 3. The molecule has 0 saturated heterocycles. The van der Waals surface area contributed by atoms with Crippen molar-refractivity contribution in [1.29, 1.82) is 0 Å². The highest BCUT2D eigenvalue weighted by Gasteiger charge is 2.01. The SMILES string of the molecule is CCCn1ccc(NCc2ccc(F)s2)n1. The molecule has 2 rings (SSSR count). The molecule has 0 saturated carbocycles. The van der Waals surface area contributed by atoms with Crippen LogP contribution in [-0.2, 0) is 13.1 Å². The maximum Gasteiger partial charge on any atom is 0.176 e. The Labute approximate surface area is 97.9 Å². The minimum atomic E-state index is -0.145. The van der Waals surface area contributed by atoms with Gasteiger partial charge in [-0.2, -0.15) is 9.49 Å². The molecule has 0 radical (unpaired) electrons. The van der Waals surface area contributed by atoms with Crippen molar-refractivity contribution in [3.63, 3.8) is 0 Å². The average molecular weight is 239 g/mol. The van der Waals surface area contributed by atoms with Gasteiger partial charge in [0.25, 0.3) is 0 Å². The van der Waals surface area contributed by atoms with Crippen molar-refractivity contribution in [3.05, 3.63) is 34.4 Å². The third-order valence-corrected chi connectivity index (χ3v) is 3.04. The largest absolute Gasteiger partial charge is 0.364 e. The van der Waals surface area contributed by atoms with Crippen LogP contribution in [0.4, 0.5) is 10.2 Å². The van der Waals surface area contributed by atoms with Crippen LogP contribution in [0.2, 0.25) is 0 Å². The number of halogens is 1. The van der Waals surface area contributed by atoms with Crippen LogP contribution >= 0.6 is 11.3 Å². The lowest BCUT2D eigenvalue weighted by Crippen LogP contribution is -2.01. The highest BCUT2D eigenvalue weighted by atomic mass is 32.1. The number of rotatable bonds is 5. The molecular formula is C11H14FN3S. The van der Waals surface area contributed by atoms with E-state index in [1.54, 1.807) is 6.07 Å². The Hall–Kier alpha value is -1.36. The number of nitrogens with one attached hydrogen (secondary N) is 1. The van der Waals surface area contributed by atoms with E-state index in [4.69, 9.17) is 0 Å². The third kappa shape index (κ3) is 2.82. The quantitative estimate of drug-likeness (QED) is 0.868. The van der Waals surface area contributed by atoms with Crippen LogP contribution in [-0.4, -0.2) is 9.78 Å². The van der Waals surface area contributed by atoms with Crippen molar-refractivity contribution in [2.45, 2.75) is 26.4 Å². The summed E-state index contributed by atoms with van der Waals surface area (Å²) in [5.41, 5.74) is 0. The fourth-order valence-corrected chi connectivity index (χ4v) is 2.10. The lowest BCUT2D eigenvalue weighted by Gasteiger charge is -2.00. The Balaban J connectivity index is 1.89. The number of hydrogen-bond donors (Lipinski definition) is 1. The molecule has 86 valence electrons. The third-order valence-electron chi connectivity index (χ3n) is 2.17. The number of aromatic nitrogens is 2. The molecule has 2 aromatic heterocycles. The summed E-state index contributed by atoms with van der Waals surface area (Å²) in [5, 5.41) is 7.36. The Kier molecular flexibility index (Phi) is 3.56. The van der Waals surface area contributed by atoms with Crippen molar-refractivity contribution in [2.75, 3.05) is 5.32 Å². The van der Waals surface area contributed by atoms with Crippen LogP contribution < -0.4 is 5.32 Å². The number of aryl methyl sites for hydroxylation is 1. The van der Waals surface area contributed by atoms with Crippen molar-refractivity contribution in [1.82, 2.24) is 9.78 Å². The van der Waals surface area contributed by atoms with E-state index in [-0.39, 0.29) is 5.13 Å². The summed E-state index contributed by atoms with van der Waals surface area (Å²) in [4.78, 5) is 0.975. The minimum absolute atomic E-state index is 0.145. The van der Waals surface area contributed by atoms with E-state index in [1.165, 1.54) is 6.07 Å². The molecule has 2 heterocycles. The molecule has 0 aliphatic heterocycles. The maximum atomic E-state index is 12.7. The lowest BCUT2D eigenvalue weighted by atomic mass is 10.4. The summed E-state index contributed by atoms with van der Waals surface area (Å²) in [6, 6.07) is 5.20. The second kappa shape index (κ2) is 5.12. The van der Waals surface area contributed by atoms with Crippen LogP contribution in [0.3, 0.4) is 0 Å². The van der Waals surface area contributed by atoms with Crippen molar-refractivity contribution < 1.29 is 4.39 Å². The number of anilines is 1. The van der Waals surface area contributed by atoms with Crippen LogP contribution in [0, 0.1) is 5.13 Å². The topological polar surface area (TPSA) is 29.9 Å². The molecule has 0 aliphatic rings. The number of nitrogens with zero attached hydrogens (tertiary/aromatic N) is 2. The smallest absolute Gasteiger partial charge is 0.176 e. The highest BCUT2D eigenvalue weighted by Crippen LogP contribution is 2.15. The van der Waals surface area contributed by atoms with Crippen molar-refractivity contribution >= 4 is 17.2 Å². The molecule has 0 amide bonds. The van der Waals surface area contributed by atoms with E-state index in [0.29, 0.717) is 6.54 Å². The molecule has 16 heavy (non-hydrogen) atoms. The Morgan fingerprint density at radius 3 is 3.00 bits per heavy atom. The van der Waals surface area contributed by atoms with Crippen LogP contribution in [0.1, 0.15) is 18.2 Å². The van der Waals surface area contributed by atoms with E-state index in [0.717, 1.165) is 35.0 Å². The zero-order valence-electron chi connectivity index (χ0n) is 9.11. The van der Waals surface area contributed by atoms with Crippen molar-refractivity contribution in [2.24, 2.45) is 0 Å². The molecule has 0 aliphatic carbocycles. The monoisotopic (exact) mass is 239 g/mol. The summed E-state index contributed by atoms with van der Waals surface area (Å²) in [7, 11) is 0. The zero-order chi connectivity index (χ0) is 11.4. The summed E-state index contributed by atoms with van der Waals surface area (Å²) in [6.07, 6.45) is 3.01. The Morgan fingerprint density at radius 2 is 2.31 bits per heavy atom. The Morgan fingerprint density at radius 1 is 1.44 bits per heavy atom. The zero-order valence-corrected chi connectivity index (χ0v) is 9.93. The lowest BCUT2D eigenvalue weighted by molar-refractivity contribution is 0.604. The minimum Gasteiger partial charge on any atom is -0.364 e. The summed E-state index contributed by atoms with van der Waals surface area (Å²) < 4.78 is 14.6. The molecule has 0 fully saturated rings.